The maximum absolute atomic E-state index is 13.5. The second-order valence-electron chi connectivity index (χ2n) is 6.72. The Morgan fingerprint density at radius 3 is 2.52 bits per heavy atom. The lowest BCUT2D eigenvalue weighted by atomic mass is 10.1. The molecule has 0 radical (unpaired) electrons. The van der Waals surface area contributed by atoms with Crippen LogP contribution in [0.3, 0.4) is 0 Å². The molecular weight excluding hydrogens is 431 g/mol. The van der Waals surface area contributed by atoms with Crippen LogP contribution < -0.4 is 5.32 Å². The summed E-state index contributed by atoms with van der Waals surface area (Å²) in [6, 6.07) is 5.94. The Bertz CT molecular complexity index is 1060. The molecule has 0 saturated carbocycles. The second kappa shape index (κ2) is 7.83. The number of benzene rings is 1. The molecule has 1 aliphatic heterocycles. The molecule has 1 amide bonds. The first kappa shape index (κ1) is 21.4. The Kier molecular flexibility index (Phi) is 5.77. The Labute approximate surface area is 170 Å². The molecule has 2 heterocycles. The first-order chi connectivity index (χ1) is 13.4. The third kappa shape index (κ3) is 5.18. The maximum Gasteiger partial charge on any atom is 0.417 e. The summed E-state index contributed by atoms with van der Waals surface area (Å²) in [4.78, 5) is 12.3. The van der Waals surface area contributed by atoms with Gasteiger partial charge in [0.2, 0.25) is 5.91 Å². The highest BCUT2D eigenvalue weighted by Gasteiger charge is 2.36. The molecule has 1 aromatic heterocycles. The van der Waals surface area contributed by atoms with Gasteiger partial charge in [-0.1, -0.05) is 23.7 Å². The number of halogens is 4. The number of hydrogen-bond donors (Lipinski definition) is 1. The molecule has 1 aliphatic rings. The third-order valence-electron chi connectivity index (χ3n) is 4.40. The lowest BCUT2D eigenvalue weighted by molar-refractivity contribution is -0.112. The fraction of sp³-hybridized carbons (Fsp3) is 0.333. The zero-order valence-corrected chi connectivity index (χ0v) is 16.8. The first-order valence-corrected chi connectivity index (χ1v) is 10.8. The summed E-state index contributed by atoms with van der Waals surface area (Å²) >= 11 is 5.71. The zero-order valence-electron chi connectivity index (χ0n) is 15.2. The van der Waals surface area contributed by atoms with Crippen LogP contribution in [-0.2, 0) is 14.6 Å². The largest absolute Gasteiger partial charge is 0.417 e. The molecule has 1 N–H and O–H groups in total. The molecular formula is C18H17ClF3N3O3S. The molecule has 0 aliphatic carbocycles. The van der Waals surface area contributed by atoms with Crippen LogP contribution in [0, 0.1) is 6.92 Å². The first-order valence-electron chi connectivity index (χ1n) is 8.57. The maximum atomic E-state index is 13.5. The number of carbonyl (C=O) groups is 1. The van der Waals surface area contributed by atoms with E-state index in [9.17, 15) is 26.4 Å². The molecule has 11 heteroatoms. The normalized spacial score (nSPS) is 19.3. The topological polar surface area (TPSA) is 81.1 Å². The van der Waals surface area contributed by atoms with Gasteiger partial charge in [-0.05, 0) is 31.0 Å². The predicted octanol–water partition coefficient (Wildman–Crippen LogP) is 3.79. The quantitative estimate of drug-likeness (QED) is 0.723. The van der Waals surface area contributed by atoms with Crippen LogP contribution >= 0.6 is 11.6 Å². The van der Waals surface area contributed by atoms with Gasteiger partial charge in [0.05, 0.1) is 28.8 Å². The average molecular weight is 448 g/mol. The number of sulfone groups is 1. The Morgan fingerprint density at radius 1 is 1.31 bits per heavy atom. The number of nitrogens with one attached hydrogen (secondary N) is 1. The monoisotopic (exact) mass is 447 g/mol. The Hall–Kier alpha value is -2.33. The van der Waals surface area contributed by atoms with Crippen LogP contribution in [0.15, 0.2) is 36.4 Å². The van der Waals surface area contributed by atoms with Gasteiger partial charge in [0, 0.05) is 17.2 Å². The van der Waals surface area contributed by atoms with Crippen LogP contribution in [-0.4, -0.2) is 41.8 Å². The minimum Gasteiger partial charge on any atom is -0.307 e. The van der Waals surface area contributed by atoms with Gasteiger partial charge in [-0.3, -0.25) is 4.79 Å². The van der Waals surface area contributed by atoms with Gasteiger partial charge in [0.25, 0.3) is 0 Å². The smallest absolute Gasteiger partial charge is 0.307 e. The highest BCUT2D eigenvalue weighted by molar-refractivity contribution is 7.91. The van der Waals surface area contributed by atoms with Crippen LogP contribution in [0.5, 0.6) is 0 Å². The number of amides is 1. The van der Waals surface area contributed by atoms with E-state index in [1.165, 1.54) is 35.0 Å². The highest BCUT2D eigenvalue weighted by Crippen LogP contribution is 2.34. The number of aromatic nitrogens is 2. The van der Waals surface area contributed by atoms with Crippen molar-refractivity contribution in [1.82, 2.24) is 9.78 Å². The molecule has 0 spiro atoms. The molecule has 6 nitrogen and oxygen atoms in total. The summed E-state index contributed by atoms with van der Waals surface area (Å²) in [6.07, 6.45) is -3.98. The third-order valence-corrected chi connectivity index (χ3v) is 6.40. The molecule has 0 bridgehead atoms. The van der Waals surface area contributed by atoms with E-state index in [0.717, 1.165) is 0 Å². The second-order valence-corrected chi connectivity index (χ2v) is 9.39. The number of anilines is 1. The lowest BCUT2D eigenvalue weighted by Crippen LogP contribution is -2.20. The van der Waals surface area contributed by atoms with Gasteiger partial charge in [0.15, 0.2) is 9.84 Å². The van der Waals surface area contributed by atoms with E-state index in [2.05, 4.69) is 10.4 Å². The summed E-state index contributed by atoms with van der Waals surface area (Å²) < 4.78 is 65.1. The van der Waals surface area contributed by atoms with Gasteiger partial charge in [-0.2, -0.15) is 18.3 Å². The van der Waals surface area contributed by atoms with Gasteiger partial charge >= 0.3 is 6.18 Å². The van der Waals surface area contributed by atoms with Gasteiger partial charge in [-0.15, -0.1) is 0 Å². The molecule has 1 fully saturated rings. The van der Waals surface area contributed by atoms with Gasteiger partial charge in [0.1, 0.15) is 5.82 Å². The number of rotatable bonds is 4. The van der Waals surface area contributed by atoms with Crippen molar-refractivity contribution < 1.29 is 26.4 Å². The number of carbonyl (C=O) groups excluding carboxylic acids is 1. The minimum atomic E-state index is -4.76. The van der Waals surface area contributed by atoms with Crippen LogP contribution in [0.4, 0.5) is 19.0 Å². The van der Waals surface area contributed by atoms with Gasteiger partial charge < -0.3 is 5.32 Å². The number of hydrogen-bond acceptors (Lipinski definition) is 4. The van der Waals surface area contributed by atoms with E-state index in [4.69, 9.17) is 11.6 Å². The van der Waals surface area contributed by atoms with Crippen molar-refractivity contribution in [1.29, 1.82) is 0 Å². The predicted molar refractivity (Wildman–Crippen MR) is 103 cm³/mol. The zero-order chi connectivity index (χ0) is 21.4. The number of alkyl halides is 3. The highest BCUT2D eigenvalue weighted by atomic mass is 35.5. The molecule has 1 aromatic carbocycles. The van der Waals surface area contributed by atoms with Crippen molar-refractivity contribution in [3.8, 4) is 0 Å². The standard InChI is InChI=1S/C18H17ClF3N3O3S/c1-11-8-16(25(24-11)14-6-7-29(27,28)10-14)23-17(26)9-15(18(20,21)22)12-2-4-13(19)5-3-12/h2-5,8-9,14H,6-7,10H2,1H3,(H,23,26)/b15-9-. The summed E-state index contributed by atoms with van der Waals surface area (Å²) in [5, 5.41) is 6.84. The van der Waals surface area contributed by atoms with E-state index in [-0.39, 0.29) is 27.9 Å². The minimum absolute atomic E-state index is 0.00134. The summed E-state index contributed by atoms with van der Waals surface area (Å²) in [6.45, 7) is 1.64. The van der Waals surface area contributed by atoms with Crippen molar-refractivity contribution in [2.24, 2.45) is 0 Å². The van der Waals surface area contributed by atoms with Crippen molar-refractivity contribution in [3.63, 3.8) is 0 Å². The summed E-state index contributed by atoms with van der Waals surface area (Å²) in [5.74, 6) is -0.998. The van der Waals surface area contributed by atoms with E-state index >= 15 is 0 Å². The van der Waals surface area contributed by atoms with Gasteiger partial charge in [-0.25, -0.2) is 13.1 Å². The lowest BCUT2D eigenvalue weighted by Gasteiger charge is -2.14. The number of nitrogens with zero attached hydrogens (tertiary/aromatic N) is 2. The van der Waals surface area contributed by atoms with E-state index in [1.807, 2.05) is 0 Å². The summed E-state index contributed by atoms with van der Waals surface area (Å²) in [5.41, 5.74) is -0.830. The molecule has 156 valence electrons. The fourth-order valence-electron chi connectivity index (χ4n) is 3.11. The van der Waals surface area contributed by atoms with Crippen molar-refractivity contribution in [3.05, 3.63) is 52.7 Å². The van der Waals surface area contributed by atoms with Crippen molar-refractivity contribution >= 4 is 38.7 Å². The van der Waals surface area contributed by atoms with Crippen molar-refractivity contribution in [2.45, 2.75) is 25.6 Å². The number of aryl methyl sites for hydroxylation is 1. The fourth-order valence-corrected chi connectivity index (χ4v) is 4.93. The van der Waals surface area contributed by atoms with E-state index < -0.39 is 33.5 Å². The van der Waals surface area contributed by atoms with Crippen LogP contribution in [0.25, 0.3) is 5.57 Å². The Morgan fingerprint density at radius 2 is 1.97 bits per heavy atom. The molecule has 29 heavy (non-hydrogen) atoms. The van der Waals surface area contributed by atoms with Crippen molar-refractivity contribution in [2.75, 3.05) is 16.8 Å². The van der Waals surface area contributed by atoms with E-state index in [0.29, 0.717) is 18.2 Å². The molecule has 3 rings (SSSR count). The van der Waals surface area contributed by atoms with E-state index in [1.54, 1.807) is 6.92 Å². The van der Waals surface area contributed by atoms with Crippen LogP contribution in [0.2, 0.25) is 5.02 Å². The Balaban J connectivity index is 1.88. The molecule has 1 saturated heterocycles. The molecule has 1 atom stereocenters. The summed E-state index contributed by atoms with van der Waals surface area (Å²) in [7, 11) is -3.20. The molecule has 1 unspecified atom stereocenters. The van der Waals surface area contributed by atoms with Crippen LogP contribution in [0.1, 0.15) is 23.7 Å². The average Bonchev–Trinajstić information content (AvgIpc) is 3.14. The molecule has 2 aromatic rings. The number of allylic oxidation sites excluding steroid dienone is 1. The SMILES string of the molecule is Cc1cc(NC(=O)/C=C(/c2ccc(Cl)cc2)C(F)(F)F)n(C2CCS(=O)(=O)C2)n1.